The molecule has 0 aromatic heterocycles. The first-order valence-electron chi connectivity index (χ1n) is 7.86. The van der Waals surface area contributed by atoms with Crippen LogP contribution in [0.1, 0.15) is 34.5 Å². The third-order valence-corrected chi connectivity index (χ3v) is 4.44. The first kappa shape index (κ1) is 20.8. The molecule has 1 N–H and O–H groups in total. The summed E-state index contributed by atoms with van der Waals surface area (Å²) in [5, 5.41) is 2.72. The summed E-state index contributed by atoms with van der Waals surface area (Å²) in [5.74, 6) is -0.948. The van der Waals surface area contributed by atoms with E-state index in [9.17, 15) is 26.4 Å². The average Bonchev–Trinajstić information content (AvgIpc) is 2.52. The van der Waals surface area contributed by atoms with Crippen molar-refractivity contribution < 1.29 is 31.1 Å². The summed E-state index contributed by atoms with van der Waals surface area (Å²) < 4.78 is 63.1. The fraction of sp³-hybridized carbons (Fsp3) is 0.278. The van der Waals surface area contributed by atoms with Crippen LogP contribution >= 0.6 is 0 Å². The molecule has 0 spiro atoms. The van der Waals surface area contributed by atoms with Crippen molar-refractivity contribution in [2.75, 3.05) is 6.26 Å². The zero-order valence-corrected chi connectivity index (χ0v) is 15.4. The number of halogens is 3. The number of hydrogen-bond acceptors (Lipinski definition) is 4. The highest BCUT2D eigenvalue weighted by molar-refractivity contribution is 7.89. The van der Waals surface area contributed by atoms with Crippen LogP contribution in [0.2, 0.25) is 0 Å². The molecule has 0 heterocycles. The van der Waals surface area contributed by atoms with Gasteiger partial charge in [0.1, 0.15) is 5.75 Å². The molecular formula is C18H18F3NO4S. The molecule has 0 aliphatic carbocycles. The number of benzene rings is 2. The summed E-state index contributed by atoms with van der Waals surface area (Å²) in [6, 6.07) is 10.9. The Labute approximate surface area is 155 Å². The number of rotatable bonds is 6. The van der Waals surface area contributed by atoms with E-state index in [1.165, 1.54) is 18.2 Å². The van der Waals surface area contributed by atoms with E-state index in [0.29, 0.717) is 16.7 Å². The number of sulfone groups is 1. The van der Waals surface area contributed by atoms with Gasteiger partial charge >= 0.3 is 6.36 Å². The normalized spacial score (nSPS) is 13.1. The molecule has 0 saturated heterocycles. The molecule has 5 nitrogen and oxygen atoms in total. The van der Waals surface area contributed by atoms with Crippen molar-refractivity contribution in [3.05, 3.63) is 65.2 Å². The molecule has 9 heteroatoms. The summed E-state index contributed by atoms with van der Waals surface area (Å²) in [4.78, 5) is 12.4. The van der Waals surface area contributed by atoms with Gasteiger partial charge in [0.2, 0.25) is 0 Å². The molecule has 1 atom stereocenters. The van der Waals surface area contributed by atoms with E-state index in [0.717, 1.165) is 18.4 Å². The quantitative estimate of drug-likeness (QED) is 0.803. The topological polar surface area (TPSA) is 72.5 Å². The van der Waals surface area contributed by atoms with E-state index in [4.69, 9.17) is 0 Å². The van der Waals surface area contributed by atoms with E-state index < -0.39 is 28.1 Å². The largest absolute Gasteiger partial charge is 0.573 e. The molecule has 146 valence electrons. The predicted octanol–water partition coefficient (Wildman–Crippen LogP) is 3.62. The fourth-order valence-electron chi connectivity index (χ4n) is 2.43. The maximum Gasteiger partial charge on any atom is 0.573 e. The van der Waals surface area contributed by atoms with Gasteiger partial charge in [0, 0.05) is 11.8 Å². The zero-order chi connectivity index (χ0) is 20.2. The lowest BCUT2D eigenvalue weighted by Crippen LogP contribution is -2.26. The maximum absolute atomic E-state index is 12.4. The molecule has 0 fully saturated rings. The zero-order valence-electron chi connectivity index (χ0n) is 14.6. The Kier molecular flexibility index (Phi) is 6.15. The van der Waals surface area contributed by atoms with Gasteiger partial charge in [-0.3, -0.25) is 4.79 Å². The minimum absolute atomic E-state index is 0.176. The van der Waals surface area contributed by atoms with Crippen LogP contribution in [0.15, 0.2) is 48.5 Å². The molecule has 0 radical (unpaired) electrons. The Bertz CT molecular complexity index is 909. The van der Waals surface area contributed by atoms with Gasteiger partial charge in [-0.05, 0) is 42.3 Å². The van der Waals surface area contributed by atoms with Crippen molar-refractivity contribution in [2.24, 2.45) is 0 Å². The van der Waals surface area contributed by atoms with Crippen LogP contribution in [0.5, 0.6) is 5.75 Å². The highest BCUT2D eigenvalue weighted by Gasteiger charge is 2.31. The van der Waals surface area contributed by atoms with Crippen LogP contribution in [0.4, 0.5) is 13.2 Å². The molecule has 2 aromatic rings. The Morgan fingerprint density at radius 3 is 2.33 bits per heavy atom. The van der Waals surface area contributed by atoms with Crippen LogP contribution in [-0.4, -0.2) is 26.9 Å². The summed E-state index contributed by atoms with van der Waals surface area (Å²) in [6.45, 7) is 1.68. The second-order valence-electron chi connectivity index (χ2n) is 6.08. The molecule has 27 heavy (non-hydrogen) atoms. The van der Waals surface area contributed by atoms with Crippen molar-refractivity contribution in [3.8, 4) is 5.75 Å². The Balaban J connectivity index is 2.06. The standard InChI is InChI=1S/C18H18F3NO4S/c1-12(14-6-8-16(9-7-14)26-18(19,20)21)22-17(23)15-5-3-4-13(10-15)11-27(2,24)25/h3-10,12H,11H2,1-2H3,(H,22,23)/t12-/m1/s1. The van der Waals surface area contributed by atoms with E-state index >= 15 is 0 Å². The molecule has 0 aliphatic heterocycles. The van der Waals surface area contributed by atoms with Crippen LogP contribution in [0.3, 0.4) is 0 Å². The minimum atomic E-state index is -4.77. The molecule has 0 saturated carbocycles. The van der Waals surface area contributed by atoms with Crippen molar-refractivity contribution in [2.45, 2.75) is 25.1 Å². The predicted molar refractivity (Wildman–Crippen MR) is 94.0 cm³/mol. The molecule has 1 amide bonds. The van der Waals surface area contributed by atoms with Crippen molar-refractivity contribution in [1.29, 1.82) is 0 Å². The molecule has 0 unspecified atom stereocenters. The summed E-state index contributed by atoms with van der Waals surface area (Å²) in [6.07, 6.45) is -3.66. The summed E-state index contributed by atoms with van der Waals surface area (Å²) in [7, 11) is -3.23. The third-order valence-electron chi connectivity index (χ3n) is 3.58. The molecule has 0 bridgehead atoms. The smallest absolute Gasteiger partial charge is 0.406 e. The second kappa shape index (κ2) is 7.99. The lowest BCUT2D eigenvalue weighted by atomic mass is 10.1. The van der Waals surface area contributed by atoms with E-state index in [1.54, 1.807) is 25.1 Å². The highest BCUT2D eigenvalue weighted by Crippen LogP contribution is 2.24. The number of alkyl halides is 3. The van der Waals surface area contributed by atoms with Crippen LogP contribution in [-0.2, 0) is 15.6 Å². The highest BCUT2D eigenvalue weighted by atomic mass is 32.2. The van der Waals surface area contributed by atoms with Crippen molar-refractivity contribution >= 4 is 15.7 Å². The third kappa shape index (κ3) is 6.93. The van der Waals surface area contributed by atoms with Gasteiger partial charge in [0.15, 0.2) is 9.84 Å². The second-order valence-corrected chi connectivity index (χ2v) is 8.22. The van der Waals surface area contributed by atoms with Crippen molar-refractivity contribution in [3.63, 3.8) is 0 Å². The number of carbonyl (C=O) groups is 1. The van der Waals surface area contributed by atoms with E-state index in [-0.39, 0.29) is 11.5 Å². The van der Waals surface area contributed by atoms with Crippen molar-refractivity contribution in [1.82, 2.24) is 5.32 Å². The number of amides is 1. The monoisotopic (exact) mass is 401 g/mol. The molecule has 2 rings (SSSR count). The number of ether oxygens (including phenoxy) is 1. The molecular weight excluding hydrogens is 383 g/mol. The van der Waals surface area contributed by atoms with Crippen LogP contribution in [0.25, 0.3) is 0 Å². The first-order valence-corrected chi connectivity index (χ1v) is 9.92. The Morgan fingerprint density at radius 1 is 1.15 bits per heavy atom. The van der Waals surface area contributed by atoms with Gasteiger partial charge in [-0.1, -0.05) is 24.3 Å². The van der Waals surface area contributed by atoms with E-state index in [2.05, 4.69) is 10.1 Å². The molecule has 0 aliphatic rings. The van der Waals surface area contributed by atoms with Gasteiger partial charge < -0.3 is 10.1 Å². The maximum atomic E-state index is 12.4. The van der Waals surface area contributed by atoms with E-state index in [1.807, 2.05) is 0 Å². The summed E-state index contributed by atoms with van der Waals surface area (Å²) in [5.41, 5.74) is 1.37. The SMILES string of the molecule is C[C@@H](NC(=O)c1cccc(CS(C)(=O)=O)c1)c1ccc(OC(F)(F)F)cc1. The fourth-order valence-corrected chi connectivity index (χ4v) is 3.21. The van der Waals surface area contributed by atoms with Gasteiger partial charge in [-0.15, -0.1) is 13.2 Å². The number of carbonyl (C=O) groups excluding carboxylic acids is 1. The van der Waals surface area contributed by atoms with Crippen LogP contribution in [0, 0.1) is 0 Å². The van der Waals surface area contributed by atoms with Gasteiger partial charge in [0.25, 0.3) is 5.91 Å². The van der Waals surface area contributed by atoms with Gasteiger partial charge in [-0.25, -0.2) is 8.42 Å². The number of hydrogen-bond donors (Lipinski definition) is 1. The lowest BCUT2D eigenvalue weighted by Gasteiger charge is -2.16. The van der Waals surface area contributed by atoms with Crippen LogP contribution < -0.4 is 10.1 Å². The van der Waals surface area contributed by atoms with Gasteiger partial charge in [0.05, 0.1) is 11.8 Å². The molecule has 2 aromatic carbocycles. The Morgan fingerprint density at radius 2 is 1.78 bits per heavy atom. The average molecular weight is 401 g/mol. The minimum Gasteiger partial charge on any atom is -0.406 e. The number of nitrogens with one attached hydrogen (secondary N) is 1. The van der Waals surface area contributed by atoms with Gasteiger partial charge in [-0.2, -0.15) is 0 Å². The lowest BCUT2D eigenvalue weighted by molar-refractivity contribution is -0.274. The first-order chi connectivity index (χ1) is 12.4. The summed E-state index contributed by atoms with van der Waals surface area (Å²) >= 11 is 0. The Hall–Kier alpha value is -2.55.